The summed E-state index contributed by atoms with van der Waals surface area (Å²) in [6, 6.07) is 9.17. The summed E-state index contributed by atoms with van der Waals surface area (Å²) in [5.41, 5.74) is 3.35. The van der Waals surface area contributed by atoms with Gasteiger partial charge in [0, 0.05) is 37.4 Å². The van der Waals surface area contributed by atoms with Crippen LogP contribution in [0.3, 0.4) is 0 Å². The summed E-state index contributed by atoms with van der Waals surface area (Å²) >= 11 is 1.66. The average molecular weight is 341 g/mol. The lowest BCUT2D eigenvalue weighted by molar-refractivity contribution is -0.131. The number of amides is 1. The number of nitrogens with zero attached hydrogens (tertiary/aromatic N) is 3. The molecule has 4 rings (SSSR count). The van der Waals surface area contributed by atoms with Crippen LogP contribution in [0.15, 0.2) is 35.0 Å². The van der Waals surface area contributed by atoms with Crippen LogP contribution in [0, 0.1) is 6.92 Å². The van der Waals surface area contributed by atoms with Crippen molar-refractivity contribution in [3.05, 3.63) is 52.0 Å². The highest BCUT2D eigenvalue weighted by Gasteiger charge is 2.44. The average Bonchev–Trinajstić information content (AvgIpc) is 3.26. The first-order valence-electron chi connectivity index (χ1n) is 8.68. The van der Waals surface area contributed by atoms with Crippen molar-refractivity contribution in [2.75, 3.05) is 13.1 Å². The number of pyridine rings is 1. The van der Waals surface area contributed by atoms with Crippen LogP contribution >= 0.6 is 11.3 Å². The van der Waals surface area contributed by atoms with Crippen LogP contribution < -0.4 is 0 Å². The van der Waals surface area contributed by atoms with Gasteiger partial charge in [-0.15, -0.1) is 0 Å². The summed E-state index contributed by atoms with van der Waals surface area (Å²) in [5, 5.41) is 4.12. The number of carbonyl (C=O) groups is 1. The Balaban J connectivity index is 1.41. The van der Waals surface area contributed by atoms with Crippen LogP contribution in [0.25, 0.3) is 0 Å². The number of thiophene rings is 1. The Hall–Kier alpha value is -1.72. The SMILES string of the molecule is Cc1cccc(CN2CC[C@@H]3[C@@H]2CCN3C(=O)Cc2ccsc2)n1. The van der Waals surface area contributed by atoms with Gasteiger partial charge in [-0.2, -0.15) is 11.3 Å². The fourth-order valence-corrected chi connectivity index (χ4v) is 4.81. The molecule has 2 aromatic heterocycles. The van der Waals surface area contributed by atoms with Crippen LogP contribution in [-0.4, -0.2) is 45.9 Å². The number of carbonyl (C=O) groups excluding carboxylic acids is 1. The Morgan fingerprint density at radius 2 is 2.12 bits per heavy atom. The molecular formula is C19H23N3OS. The number of hydrogen-bond acceptors (Lipinski definition) is 4. The summed E-state index contributed by atoms with van der Waals surface area (Å²) < 4.78 is 0. The number of fused-ring (bicyclic) bond motifs is 1. The van der Waals surface area contributed by atoms with Gasteiger partial charge in [-0.3, -0.25) is 14.7 Å². The molecule has 0 spiro atoms. The Labute approximate surface area is 147 Å². The van der Waals surface area contributed by atoms with E-state index in [-0.39, 0.29) is 5.91 Å². The number of rotatable bonds is 4. The highest BCUT2D eigenvalue weighted by Crippen LogP contribution is 2.33. The van der Waals surface area contributed by atoms with Crippen molar-refractivity contribution in [2.45, 2.75) is 44.8 Å². The minimum absolute atomic E-state index is 0.288. The predicted molar refractivity (Wildman–Crippen MR) is 95.9 cm³/mol. The first-order valence-corrected chi connectivity index (χ1v) is 9.62. The molecule has 0 radical (unpaired) electrons. The monoisotopic (exact) mass is 341 g/mol. The van der Waals surface area contributed by atoms with Gasteiger partial charge in [0.1, 0.15) is 0 Å². The quantitative estimate of drug-likeness (QED) is 0.858. The molecular weight excluding hydrogens is 318 g/mol. The first kappa shape index (κ1) is 15.8. The molecule has 2 aliphatic heterocycles. The van der Waals surface area contributed by atoms with E-state index in [4.69, 9.17) is 0 Å². The van der Waals surface area contributed by atoms with E-state index in [2.05, 4.69) is 38.4 Å². The number of aryl methyl sites for hydroxylation is 1. The van der Waals surface area contributed by atoms with E-state index in [9.17, 15) is 4.79 Å². The Bertz CT molecular complexity index is 715. The Morgan fingerprint density at radius 1 is 1.25 bits per heavy atom. The molecule has 0 aliphatic carbocycles. The normalized spacial score (nSPS) is 23.6. The molecule has 0 saturated carbocycles. The zero-order chi connectivity index (χ0) is 16.5. The number of aromatic nitrogens is 1. The summed E-state index contributed by atoms with van der Waals surface area (Å²) in [6.45, 7) is 4.90. The van der Waals surface area contributed by atoms with Crippen LogP contribution in [0.4, 0.5) is 0 Å². The molecule has 0 bridgehead atoms. The standard InChI is InChI=1S/C19H23N3OS/c1-14-3-2-4-16(20-14)12-21-8-5-18-17(21)6-9-22(18)19(23)11-15-7-10-24-13-15/h2-4,7,10,13,17-18H,5-6,8-9,11-12H2,1H3/t17-,18+/m0/s1. The van der Waals surface area contributed by atoms with Crippen molar-refractivity contribution in [1.29, 1.82) is 0 Å². The van der Waals surface area contributed by atoms with Gasteiger partial charge in [-0.1, -0.05) is 6.07 Å². The molecule has 2 fully saturated rings. The van der Waals surface area contributed by atoms with Gasteiger partial charge >= 0.3 is 0 Å². The molecule has 0 unspecified atom stereocenters. The second-order valence-corrected chi connectivity index (χ2v) is 7.63. The van der Waals surface area contributed by atoms with Crippen molar-refractivity contribution in [3.63, 3.8) is 0 Å². The van der Waals surface area contributed by atoms with Crippen LogP contribution in [-0.2, 0) is 17.8 Å². The van der Waals surface area contributed by atoms with Crippen LogP contribution in [0.5, 0.6) is 0 Å². The van der Waals surface area contributed by atoms with Crippen LogP contribution in [0.2, 0.25) is 0 Å². The van der Waals surface area contributed by atoms with Gasteiger partial charge in [0.15, 0.2) is 0 Å². The maximum atomic E-state index is 12.7. The fourth-order valence-electron chi connectivity index (χ4n) is 4.15. The molecule has 2 aliphatic rings. The zero-order valence-electron chi connectivity index (χ0n) is 14.0. The highest BCUT2D eigenvalue weighted by atomic mass is 32.1. The van der Waals surface area contributed by atoms with E-state index in [0.29, 0.717) is 18.5 Å². The van der Waals surface area contributed by atoms with Gasteiger partial charge in [-0.05, 0) is 54.3 Å². The fraction of sp³-hybridized carbons (Fsp3) is 0.474. The van der Waals surface area contributed by atoms with E-state index in [1.54, 1.807) is 11.3 Å². The number of hydrogen-bond donors (Lipinski definition) is 0. The molecule has 5 heteroatoms. The molecule has 126 valence electrons. The smallest absolute Gasteiger partial charge is 0.227 e. The maximum Gasteiger partial charge on any atom is 0.227 e. The first-order chi connectivity index (χ1) is 11.7. The topological polar surface area (TPSA) is 36.4 Å². The molecule has 24 heavy (non-hydrogen) atoms. The molecule has 4 heterocycles. The molecule has 1 amide bonds. The van der Waals surface area contributed by atoms with E-state index in [1.807, 2.05) is 18.4 Å². The van der Waals surface area contributed by atoms with Gasteiger partial charge in [0.2, 0.25) is 5.91 Å². The highest BCUT2D eigenvalue weighted by molar-refractivity contribution is 7.08. The second-order valence-electron chi connectivity index (χ2n) is 6.85. The van der Waals surface area contributed by atoms with Crippen molar-refractivity contribution >= 4 is 17.2 Å². The third-order valence-electron chi connectivity index (χ3n) is 5.26. The van der Waals surface area contributed by atoms with Gasteiger partial charge in [0.25, 0.3) is 0 Å². The van der Waals surface area contributed by atoms with E-state index in [0.717, 1.165) is 49.4 Å². The zero-order valence-corrected chi connectivity index (χ0v) is 14.8. The Morgan fingerprint density at radius 3 is 2.92 bits per heavy atom. The third kappa shape index (κ3) is 3.10. The van der Waals surface area contributed by atoms with Gasteiger partial charge in [0.05, 0.1) is 12.1 Å². The maximum absolute atomic E-state index is 12.7. The lowest BCUT2D eigenvalue weighted by Gasteiger charge is -2.25. The molecule has 0 N–H and O–H groups in total. The molecule has 2 atom stereocenters. The lowest BCUT2D eigenvalue weighted by atomic mass is 10.1. The second kappa shape index (κ2) is 6.65. The summed E-state index contributed by atoms with van der Waals surface area (Å²) in [7, 11) is 0. The van der Waals surface area contributed by atoms with Gasteiger partial charge < -0.3 is 4.90 Å². The number of likely N-dealkylation sites (tertiary alicyclic amines) is 2. The largest absolute Gasteiger partial charge is 0.338 e. The van der Waals surface area contributed by atoms with E-state index in [1.165, 1.54) is 0 Å². The van der Waals surface area contributed by atoms with Crippen molar-refractivity contribution in [2.24, 2.45) is 0 Å². The van der Waals surface area contributed by atoms with Gasteiger partial charge in [-0.25, -0.2) is 0 Å². The van der Waals surface area contributed by atoms with Crippen molar-refractivity contribution in [3.8, 4) is 0 Å². The van der Waals surface area contributed by atoms with E-state index < -0.39 is 0 Å². The molecule has 4 nitrogen and oxygen atoms in total. The lowest BCUT2D eigenvalue weighted by Crippen LogP contribution is -2.40. The predicted octanol–water partition coefficient (Wildman–Crippen LogP) is 2.87. The van der Waals surface area contributed by atoms with Crippen molar-refractivity contribution in [1.82, 2.24) is 14.8 Å². The summed E-state index contributed by atoms with van der Waals surface area (Å²) in [5.74, 6) is 0.288. The van der Waals surface area contributed by atoms with Crippen molar-refractivity contribution < 1.29 is 4.79 Å². The minimum Gasteiger partial charge on any atom is -0.338 e. The Kier molecular flexibility index (Phi) is 4.37. The van der Waals surface area contributed by atoms with Crippen LogP contribution in [0.1, 0.15) is 29.8 Å². The molecule has 2 saturated heterocycles. The third-order valence-corrected chi connectivity index (χ3v) is 5.99. The summed E-state index contributed by atoms with van der Waals surface area (Å²) in [4.78, 5) is 21.9. The minimum atomic E-state index is 0.288. The molecule has 0 aromatic carbocycles. The van der Waals surface area contributed by atoms with E-state index >= 15 is 0 Å². The summed E-state index contributed by atoms with van der Waals surface area (Å²) in [6.07, 6.45) is 2.73. The molecule has 2 aromatic rings.